The number of aryl methyl sites for hydroxylation is 3. The number of carbonyl (C=O) groups excluding carboxylic acids is 1. The molecule has 0 bridgehead atoms. The molecule has 0 atom stereocenters. The maximum Gasteiger partial charge on any atom is 0.262 e. The van der Waals surface area contributed by atoms with Gasteiger partial charge in [0.05, 0.1) is 11.3 Å². The van der Waals surface area contributed by atoms with Gasteiger partial charge in [0.25, 0.3) is 5.91 Å². The van der Waals surface area contributed by atoms with E-state index in [9.17, 15) is 4.79 Å². The van der Waals surface area contributed by atoms with Crippen LogP contribution in [0.5, 0.6) is 0 Å². The average Bonchev–Trinajstić information content (AvgIpc) is 3.39. The molecule has 0 unspecified atom stereocenters. The molecule has 0 radical (unpaired) electrons. The summed E-state index contributed by atoms with van der Waals surface area (Å²) in [5.41, 5.74) is 5.44. The molecule has 0 aliphatic carbocycles. The Bertz CT molecular complexity index is 1220. The van der Waals surface area contributed by atoms with Crippen molar-refractivity contribution in [2.75, 3.05) is 11.4 Å². The monoisotopic (exact) mass is 397 g/mol. The zero-order chi connectivity index (χ0) is 20.7. The lowest BCUT2D eigenvalue weighted by atomic mass is 9.99. The van der Waals surface area contributed by atoms with Crippen LogP contribution < -0.4 is 4.90 Å². The number of furan rings is 1. The Balaban J connectivity index is 1.62. The van der Waals surface area contributed by atoms with E-state index in [-0.39, 0.29) is 5.91 Å². The minimum absolute atomic E-state index is 0.0500. The molecular formula is C25H23N3O2. The molecule has 0 spiro atoms. The summed E-state index contributed by atoms with van der Waals surface area (Å²) >= 11 is 0. The normalized spacial score (nSPS) is 13.3. The summed E-state index contributed by atoms with van der Waals surface area (Å²) in [6.45, 7) is 4.67. The SMILES string of the molecule is Cc1ccc2c(c1)CCCN2C(=O)c1cn(-c2ccccc2)nc1-c1ccc(C)o1. The van der Waals surface area contributed by atoms with E-state index in [1.54, 1.807) is 4.68 Å². The molecule has 4 aromatic rings. The number of para-hydroxylation sites is 1. The van der Waals surface area contributed by atoms with Crippen molar-refractivity contribution in [3.05, 3.63) is 89.3 Å². The Labute approximate surface area is 175 Å². The first-order chi connectivity index (χ1) is 14.6. The van der Waals surface area contributed by atoms with Gasteiger partial charge in [0.2, 0.25) is 0 Å². The first-order valence-corrected chi connectivity index (χ1v) is 10.2. The number of amides is 1. The van der Waals surface area contributed by atoms with Crippen LogP contribution in [0, 0.1) is 13.8 Å². The number of hydrogen-bond acceptors (Lipinski definition) is 3. The summed E-state index contributed by atoms with van der Waals surface area (Å²) in [5, 5.41) is 4.73. The van der Waals surface area contributed by atoms with Gasteiger partial charge in [0, 0.05) is 18.4 Å². The Kier molecular flexibility index (Phi) is 4.51. The van der Waals surface area contributed by atoms with Gasteiger partial charge in [0.15, 0.2) is 5.76 Å². The van der Waals surface area contributed by atoms with Gasteiger partial charge in [-0.1, -0.05) is 35.9 Å². The quantitative estimate of drug-likeness (QED) is 0.469. The van der Waals surface area contributed by atoms with Crippen LogP contribution in [0.25, 0.3) is 17.1 Å². The van der Waals surface area contributed by atoms with E-state index in [1.807, 2.05) is 60.5 Å². The number of nitrogens with zero attached hydrogens (tertiary/aromatic N) is 3. The van der Waals surface area contributed by atoms with Gasteiger partial charge in [0.1, 0.15) is 11.5 Å². The first kappa shape index (κ1) is 18.4. The molecule has 5 heteroatoms. The third-order valence-corrected chi connectivity index (χ3v) is 5.54. The van der Waals surface area contributed by atoms with E-state index in [4.69, 9.17) is 9.52 Å². The molecule has 1 aliphatic rings. The topological polar surface area (TPSA) is 51.3 Å². The summed E-state index contributed by atoms with van der Waals surface area (Å²) in [4.78, 5) is 15.6. The maximum atomic E-state index is 13.7. The molecule has 5 nitrogen and oxygen atoms in total. The fourth-order valence-electron chi connectivity index (χ4n) is 4.07. The van der Waals surface area contributed by atoms with Gasteiger partial charge in [-0.25, -0.2) is 4.68 Å². The number of benzene rings is 2. The van der Waals surface area contributed by atoms with Gasteiger partial charge in [-0.2, -0.15) is 5.10 Å². The molecular weight excluding hydrogens is 374 g/mol. The lowest BCUT2D eigenvalue weighted by Crippen LogP contribution is -2.35. The number of hydrogen-bond donors (Lipinski definition) is 0. The van der Waals surface area contributed by atoms with E-state index in [2.05, 4.69) is 25.1 Å². The molecule has 3 heterocycles. The van der Waals surface area contributed by atoms with E-state index >= 15 is 0 Å². The first-order valence-electron chi connectivity index (χ1n) is 10.2. The minimum atomic E-state index is -0.0500. The van der Waals surface area contributed by atoms with Crippen molar-refractivity contribution < 1.29 is 9.21 Å². The van der Waals surface area contributed by atoms with Crippen LogP contribution in [-0.2, 0) is 6.42 Å². The minimum Gasteiger partial charge on any atom is -0.460 e. The summed E-state index contributed by atoms with van der Waals surface area (Å²) in [6.07, 6.45) is 3.76. The molecule has 0 fully saturated rings. The third-order valence-electron chi connectivity index (χ3n) is 5.54. The van der Waals surface area contributed by atoms with Gasteiger partial charge in [-0.05, 0) is 62.6 Å². The average molecular weight is 397 g/mol. The van der Waals surface area contributed by atoms with Crippen LogP contribution in [0.1, 0.15) is 33.7 Å². The molecule has 2 aromatic carbocycles. The molecule has 5 rings (SSSR count). The van der Waals surface area contributed by atoms with Crippen molar-refractivity contribution in [2.45, 2.75) is 26.7 Å². The van der Waals surface area contributed by atoms with E-state index in [0.717, 1.165) is 30.0 Å². The standard InChI is InChI=1S/C25H23N3O2/c1-17-10-12-22-19(15-17)7-6-14-27(22)25(29)21-16-28(20-8-4-3-5-9-20)26-24(21)23-13-11-18(2)30-23/h3-5,8-13,15-16H,6-7,14H2,1-2H3. The van der Waals surface area contributed by atoms with Crippen LogP contribution in [0.4, 0.5) is 5.69 Å². The van der Waals surface area contributed by atoms with Gasteiger partial charge in [-0.15, -0.1) is 0 Å². The second-order valence-corrected chi connectivity index (χ2v) is 7.77. The molecule has 0 saturated heterocycles. The predicted octanol–water partition coefficient (Wildman–Crippen LogP) is 5.34. The summed E-state index contributed by atoms with van der Waals surface area (Å²) in [6, 6.07) is 19.9. The second kappa shape index (κ2) is 7.34. The number of carbonyl (C=O) groups is 1. The van der Waals surface area contributed by atoms with Crippen molar-refractivity contribution in [3.8, 4) is 17.1 Å². The van der Waals surface area contributed by atoms with Crippen LogP contribution in [-0.4, -0.2) is 22.2 Å². The predicted molar refractivity (Wildman–Crippen MR) is 117 cm³/mol. The molecule has 0 saturated carbocycles. The lowest BCUT2D eigenvalue weighted by molar-refractivity contribution is 0.0985. The highest BCUT2D eigenvalue weighted by Gasteiger charge is 2.28. The van der Waals surface area contributed by atoms with Crippen molar-refractivity contribution in [1.29, 1.82) is 0 Å². The Morgan fingerprint density at radius 3 is 2.63 bits per heavy atom. The highest BCUT2D eigenvalue weighted by molar-refractivity contribution is 6.10. The van der Waals surface area contributed by atoms with Crippen molar-refractivity contribution >= 4 is 11.6 Å². The molecule has 30 heavy (non-hydrogen) atoms. The van der Waals surface area contributed by atoms with Crippen LogP contribution in [0.15, 0.2) is 71.3 Å². The Hall–Kier alpha value is -3.60. The van der Waals surface area contributed by atoms with Crippen LogP contribution in [0.3, 0.4) is 0 Å². The van der Waals surface area contributed by atoms with Crippen molar-refractivity contribution in [2.24, 2.45) is 0 Å². The van der Waals surface area contributed by atoms with E-state index < -0.39 is 0 Å². The zero-order valence-corrected chi connectivity index (χ0v) is 17.1. The largest absolute Gasteiger partial charge is 0.460 e. The van der Waals surface area contributed by atoms with Gasteiger partial charge >= 0.3 is 0 Å². The van der Waals surface area contributed by atoms with Crippen molar-refractivity contribution in [1.82, 2.24) is 9.78 Å². The molecule has 150 valence electrons. The van der Waals surface area contributed by atoms with Crippen molar-refractivity contribution in [3.63, 3.8) is 0 Å². The zero-order valence-electron chi connectivity index (χ0n) is 17.1. The Morgan fingerprint density at radius 1 is 1.03 bits per heavy atom. The lowest BCUT2D eigenvalue weighted by Gasteiger charge is -2.29. The summed E-state index contributed by atoms with van der Waals surface area (Å²) < 4.78 is 7.59. The van der Waals surface area contributed by atoms with E-state index in [1.165, 1.54) is 11.1 Å². The number of rotatable bonds is 3. The molecule has 1 aliphatic heterocycles. The highest BCUT2D eigenvalue weighted by atomic mass is 16.3. The second-order valence-electron chi connectivity index (χ2n) is 7.77. The summed E-state index contributed by atoms with van der Waals surface area (Å²) in [7, 11) is 0. The fraction of sp³-hybridized carbons (Fsp3) is 0.200. The molecule has 1 amide bonds. The smallest absolute Gasteiger partial charge is 0.262 e. The van der Waals surface area contributed by atoms with Crippen LogP contribution in [0.2, 0.25) is 0 Å². The van der Waals surface area contributed by atoms with Gasteiger partial charge < -0.3 is 9.32 Å². The fourth-order valence-corrected chi connectivity index (χ4v) is 4.07. The molecule has 2 aromatic heterocycles. The van der Waals surface area contributed by atoms with Gasteiger partial charge in [-0.3, -0.25) is 4.79 Å². The third kappa shape index (κ3) is 3.22. The van der Waals surface area contributed by atoms with E-state index in [0.29, 0.717) is 23.6 Å². The highest BCUT2D eigenvalue weighted by Crippen LogP contribution is 2.32. The number of aromatic nitrogens is 2. The summed E-state index contributed by atoms with van der Waals surface area (Å²) in [5.74, 6) is 1.34. The van der Waals surface area contributed by atoms with Crippen LogP contribution >= 0.6 is 0 Å². The number of fused-ring (bicyclic) bond motifs is 1. The molecule has 0 N–H and O–H groups in total. The maximum absolute atomic E-state index is 13.7. The number of anilines is 1. The Morgan fingerprint density at radius 2 is 1.87 bits per heavy atom.